The Balaban J connectivity index is 1.30. The standard InChI is InChI=1S/C89H128N22O19S/c1-11-13-30-70-82(123)100-62(29-21-33-95-89(92)93)79(120)106-69(78(119)97-45-74(91)115)48-131-49-75(116)99-65(38-53-23-16-15-17-24-53)85(126)108(7)52(5)76(117)102-67(42-73(90)114)87(128)111-34-22-32-71(111)83(124)101-63(41-57-44-94-50-98-57)80(121)103-64(35-51(3)4)84(125)107(6)46-58(113)39-55(36-54-25-20-26-59(37-54)130-10)77(118)105-68(47-112)81(122)104-66(40-56-43-96-61-28-19-18-27-60(56)61)86(127)110(9)72(31-14-12-2)88(129)109(70)8/h15-20,23-28,37,43-44,50-52,55,62-72,96,112H,11-14,21-22,29-36,38-42,45-49H2,1-10H3,(H2,90,114)(H2,91,115)(H,94,98)(H,97,119)(H,99,116)(H,100,123)(H,101,124)(H,102,117)(H,103,121)(H,104,122)(H,105,118)(H,106,120)(H4,92,93,95)/t52-,55+,62-,63-,64-,65-,66-,67-,68-,69-,70-,71-,72-/m0/s1. The SMILES string of the molecule is CCCC[C@H]1C(=O)N(C)[C@@H](CCCC)C(=O)N[C@@H](CCCNC(=N)N)C(=O)N[C@H](C(=O)NCC(N)=O)CSCC(=O)N[C@@H](Cc2ccccc2)C(=O)N(C)[C@@H](C)C(=O)N[C@@H](CC(N)=O)C(=O)N2CCC[C@H]2C(=O)N[C@@H](Cc2cnc[nH]2)C(=O)N[C@@H](CC(C)C)C(=O)N(C)CC(=O)C[C@@H](Cc2cccc(OC)c2)C(=O)N[C@@H](CO)C(=O)N[C@@H](Cc2c[nH]c3ccccc23)C(=O)N1C. The molecule has 0 saturated carbocycles. The second-order valence-corrected chi connectivity index (χ2v) is 34.5. The van der Waals surface area contributed by atoms with Gasteiger partial charge in [0.1, 0.15) is 78.3 Å². The predicted octanol–water partition coefficient (Wildman–Crippen LogP) is -1.52. The first-order valence-corrected chi connectivity index (χ1v) is 45.1. The number of amides is 16. The van der Waals surface area contributed by atoms with Gasteiger partial charge in [-0.3, -0.25) is 86.9 Å². The lowest BCUT2D eigenvalue weighted by Gasteiger charge is -2.36. The van der Waals surface area contributed by atoms with Crippen molar-refractivity contribution in [2.75, 3.05) is 79.6 Å². The Morgan fingerprint density at radius 2 is 1.22 bits per heavy atom. The van der Waals surface area contributed by atoms with E-state index >= 15 is 24.0 Å². The summed E-state index contributed by atoms with van der Waals surface area (Å²) in [5.41, 5.74) is 19.4. The number of aliphatic hydroxyl groups is 1. The van der Waals surface area contributed by atoms with Crippen LogP contribution in [0.5, 0.6) is 5.75 Å². The Hall–Kier alpha value is -13.0. The first kappa shape index (κ1) is 105. The second kappa shape index (κ2) is 52.0. The van der Waals surface area contributed by atoms with Crippen LogP contribution in [-0.4, -0.2) is 303 Å². The van der Waals surface area contributed by atoms with Crippen molar-refractivity contribution in [3.05, 3.63) is 120 Å². The topological polar surface area (TPSA) is 603 Å². The fraction of sp³-hybridized carbons (Fsp3) is 0.539. The Morgan fingerprint density at radius 1 is 0.603 bits per heavy atom. The van der Waals surface area contributed by atoms with E-state index in [9.17, 15) is 62.6 Å². The third kappa shape index (κ3) is 32.0. The number of likely N-dealkylation sites (N-methyl/N-ethyl adjacent to an activating group) is 4. The molecule has 41 nitrogen and oxygen atoms in total. The number of carbonyl (C=O) groups excluding carboxylic acids is 17. The Labute approximate surface area is 765 Å². The molecule has 2 saturated heterocycles. The lowest BCUT2D eigenvalue weighted by atomic mass is 9.92. The van der Waals surface area contributed by atoms with Gasteiger partial charge in [-0.2, -0.15) is 0 Å². The van der Waals surface area contributed by atoms with Gasteiger partial charge >= 0.3 is 0 Å². The summed E-state index contributed by atoms with van der Waals surface area (Å²) in [6.07, 6.45) is 3.95. The van der Waals surface area contributed by atoms with Gasteiger partial charge in [0, 0.05) is 108 Å². The summed E-state index contributed by atoms with van der Waals surface area (Å²) in [6.45, 7) is 6.07. The van der Waals surface area contributed by atoms with Gasteiger partial charge in [0.05, 0.1) is 45.3 Å². The quantitative estimate of drug-likeness (QED) is 0.0161. The van der Waals surface area contributed by atoms with Crippen molar-refractivity contribution in [1.29, 1.82) is 5.41 Å². The highest BCUT2D eigenvalue weighted by molar-refractivity contribution is 8.00. The average Bonchev–Trinajstić information content (AvgIpc) is 1.48. The van der Waals surface area contributed by atoms with Crippen LogP contribution < -0.4 is 75.1 Å². The molecule has 2 aliphatic heterocycles. The number of Topliss-reactive ketones (excluding diaryl/α,β-unsaturated/α-hetero) is 1. The zero-order chi connectivity index (χ0) is 96.3. The number of primary amides is 2. The monoisotopic (exact) mass is 1840 g/mol. The highest BCUT2D eigenvalue weighted by atomic mass is 32.2. The Kier molecular flexibility index (Phi) is 41.7. The van der Waals surface area contributed by atoms with E-state index in [0.29, 0.717) is 64.7 Å². The fourth-order valence-electron chi connectivity index (χ4n) is 15.6. The summed E-state index contributed by atoms with van der Waals surface area (Å²) < 4.78 is 5.49. The molecule has 2 aliphatic rings. The van der Waals surface area contributed by atoms with Gasteiger partial charge in [0.15, 0.2) is 11.7 Å². The molecule has 42 heteroatoms. The van der Waals surface area contributed by atoms with Crippen molar-refractivity contribution in [3.8, 4) is 5.75 Å². The number of nitrogens with one attached hydrogen (secondary N) is 13. The van der Waals surface area contributed by atoms with Gasteiger partial charge < -0.3 is 115 Å². The third-order valence-electron chi connectivity index (χ3n) is 22.9. The predicted molar refractivity (Wildman–Crippen MR) is 486 cm³/mol. The normalized spacial score (nSPS) is 23.6. The molecule has 0 bridgehead atoms. The maximum atomic E-state index is 15.7. The van der Waals surface area contributed by atoms with E-state index in [2.05, 4.69) is 68.1 Å². The molecule has 131 heavy (non-hydrogen) atoms. The number of hydrogen-bond acceptors (Lipinski definition) is 22. The molecule has 0 spiro atoms. The summed E-state index contributed by atoms with van der Waals surface area (Å²) in [4.78, 5) is 264. The minimum atomic E-state index is -1.82. The molecule has 0 aliphatic carbocycles. The number of imidazole rings is 1. The number of para-hydroxylation sites is 1. The van der Waals surface area contributed by atoms with E-state index in [1.165, 1.54) is 54.7 Å². The minimum absolute atomic E-state index is 0.000781. The molecular weight excluding hydrogens is 1710 g/mol. The molecule has 2 aromatic heterocycles. The highest BCUT2D eigenvalue weighted by Crippen LogP contribution is 2.26. The summed E-state index contributed by atoms with van der Waals surface area (Å²) >= 11 is 0.795. The summed E-state index contributed by atoms with van der Waals surface area (Å²) in [6, 6.07) is 4.10. The van der Waals surface area contributed by atoms with Crippen molar-refractivity contribution in [3.63, 3.8) is 0 Å². The number of aliphatic hydroxyl groups excluding tert-OH is 1. The van der Waals surface area contributed by atoms with Crippen LogP contribution in [0.2, 0.25) is 0 Å². The van der Waals surface area contributed by atoms with E-state index in [1.54, 1.807) is 98.9 Å². The Bertz CT molecular complexity index is 4810. The summed E-state index contributed by atoms with van der Waals surface area (Å²) in [5, 5.41) is 46.1. The number of rotatable bonds is 27. The molecule has 0 radical (unpaired) electrons. The smallest absolute Gasteiger partial charge is 0.246 e. The average molecular weight is 1840 g/mol. The van der Waals surface area contributed by atoms with E-state index in [-0.39, 0.29) is 89.6 Å². The number of unbranched alkanes of at least 4 members (excludes halogenated alkanes) is 2. The number of ketones is 1. The second-order valence-electron chi connectivity index (χ2n) is 33.5. The van der Waals surface area contributed by atoms with Crippen LogP contribution in [0.3, 0.4) is 0 Å². The van der Waals surface area contributed by atoms with Crippen LogP contribution in [0.1, 0.15) is 140 Å². The molecule has 20 N–H and O–H groups in total. The number of H-pyrrole nitrogens is 2. The number of nitrogens with zero attached hydrogens (tertiary/aromatic N) is 6. The van der Waals surface area contributed by atoms with Crippen LogP contribution in [0, 0.1) is 17.2 Å². The van der Waals surface area contributed by atoms with Gasteiger partial charge in [0.2, 0.25) is 94.5 Å². The van der Waals surface area contributed by atoms with Gasteiger partial charge in [0.25, 0.3) is 0 Å². The number of aromatic nitrogens is 3. The van der Waals surface area contributed by atoms with Crippen molar-refractivity contribution in [2.45, 2.75) is 216 Å². The number of carbonyl (C=O) groups is 17. The van der Waals surface area contributed by atoms with Crippen LogP contribution in [0.15, 0.2) is 97.6 Å². The number of benzene rings is 3. The van der Waals surface area contributed by atoms with E-state index in [1.807, 2.05) is 13.8 Å². The summed E-state index contributed by atoms with van der Waals surface area (Å²) in [5.74, 6) is -17.6. The summed E-state index contributed by atoms with van der Waals surface area (Å²) in [7, 11) is 6.71. The maximum Gasteiger partial charge on any atom is 0.246 e. The number of fused-ring (bicyclic) bond motifs is 2. The number of guanidine groups is 1. The van der Waals surface area contributed by atoms with Crippen LogP contribution >= 0.6 is 11.8 Å². The molecule has 5 aromatic rings. The van der Waals surface area contributed by atoms with Gasteiger partial charge in [-0.15, -0.1) is 11.8 Å². The zero-order valence-corrected chi connectivity index (χ0v) is 76.7. The van der Waals surface area contributed by atoms with Crippen molar-refractivity contribution < 1.29 is 91.4 Å². The minimum Gasteiger partial charge on any atom is -0.497 e. The largest absolute Gasteiger partial charge is 0.497 e. The van der Waals surface area contributed by atoms with Crippen molar-refractivity contribution in [2.24, 2.45) is 29.0 Å². The molecule has 3 aromatic carbocycles. The number of methoxy groups -OCH3 is 1. The zero-order valence-electron chi connectivity index (χ0n) is 75.9. The molecule has 714 valence electrons. The van der Waals surface area contributed by atoms with E-state index in [0.717, 1.165) is 36.3 Å². The molecular formula is C89H128N22O19S. The van der Waals surface area contributed by atoms with Crippen molar-refractivity contribution >= 4 is 129 Å². The lowest BCUT2D eigenvalue weighted by Crippen LogP contribution is -2.61. The maximum absolute atomic E-state index is 15.7. The van der Waals surface area contributed by atoms with Gasteiger partial charge in [-0.25, -0.2) is 4.98 Å². The van der Waals surface area contributed by atoms with Crippen LogP contribution in [0.4, 0.5) is 0 Å². The van der Waals surface area contributed by atoms with Gasteiger partial charge in [-0.05, 0) is 99.1 Å². The molecule has 2 fully saturated rings. The van der Waals surface area contributed by atoms with Crippen LogP contribution in [0.25, 0.3) is 10.9 Å². The van der Waals surface area contributed by atoms with E-state index < -0.39 is 229 Å². The first-order valence-electron chi connectivity index (χ1n) is 44.0. The van der Waals surface area contributed by atoms with Crippen molar-refractivity contribution in [1.82, 2.24) is 92.6 Å². The Morgan fingerprint density at radius 3 is 1.88 bits per heavy atom. The molecule has 7 rings (SSSR count). The van der Waals surface area contributed by atoms with Crippen LogP contribution in [-0.2, 0) is 107 Å². The number of nitrogens with two attached hydrogens (primary N) is 3. The molecule has 13 atom stereocenters. The number of hydrogen-bond donors (Lipinski definition) is 17. The number of thioether (sulfide) groups is 1. The highest BCUT2D eigenvalue weighted by Gasteiger charge is 2.44. The molecule has 16 amide bonds. The fourth-order valence-corrected chi connectivity index (χ4v) is 16.4. The first-order chi connectivity index (χ1) is 62.4. The molecule has 0 unspecified atom stereocenters. The van der Waals surface area contributed by atoms with Gasteiger partial charge in [-0.1, -0.05) is 114 Å². The lowest BCUT2D eigenvalue weighted by molar-refractivity contribution is -0.149. The van der Waals surface area contributed by atoms with E-state index in [4.69, 9.17) is 27.3 Å². The number of ether oxygens (including phenoxy) is 1. The molecule has 4 heterocycles. The number of aromatic amines is 2. The third-order valence-corrected chi connectivity index (χ3v) is 23.9.